The van der Waals surface area contributed by atoms with Gasteiger partial charge in [0.2, 0.25) is 17.7 Å². The summed E-state index contributed by atoms with van der Waals surface area (Å²) in [5.41, 5.74) is 0. The van der Waals surface area contributed by atoms with E-state index in [9.17, 15) is 58.1 Å². The number of carboxylic acids is 1. The van der Waals surface area contributed by atoms with Crippen LogP contribution in [0.15, 0.2) is 0 Å². The summed E-state index contributed by atoms with van der Waals surface area (Å²) in [7, 11) is -5.52. The second-order valence-electron chi connectivity index (χ2n) is 29.7. The molecule has 1 fully saturated rings. The molecule has 0 aliphatic carbocycles. The number of phosphoric acid groups is 1. The van der Waals surface area contributed by atoms with E-state index >= 15 is 0 Å². The predicted octanol–water partition coefficient (Wildman–Crippen LogP) is 18.8. The van der Waals surface area contributed by atoms with Gasteiger partial charge in [-0.2, -0.15) is 0 Å². The van der Waals surface area contributed by atoms with Gasteiger partial charge < -0.3 is 59.6 Å². The zero-order valence-electron chi connectivity index (χ0n) is 65.9. The van der Waals surface area contributed by atoms with Crippen LogP contribution in [0.3, 0.4) is 0 Å². The van der Waals surface area contributed by atoms with Gasteiger partial charge in [-0.05, 0) is 57.8 Å². The minimum Gasteiger partial charge on any atom is -0.480 e. The number of amides is 3. The monoisotopic (exact) mass is 1490 g/mol. The standard InChI is InChI=1S/C81H152N3O18P/c1-7-13-19-25-31-34-40-43-49-55-66(98-74(89)58-52-46-37-28-22-16-10-4)61-71(86)82-69(80(92)93)65-97-81-78(84-73(88)63-68(57-51-45-42-36-33-27-21-15-9-3)100-76(91)60-54-48-39-30-24-18-12-6)77(79(70(64-85)101-81)102-103(94,95)96)83-72(87)62-67(56-50-44-41-35-32-26-20-14-8-2)99-75(90)59-53-47-38-29-23-17-11-5/h66-70,77-79,81,85H,7-65H2,1-6H3,(H,82,86)(H,83,87)(H,84,88)(H,92,93)(H2,94,95,96)/t66-,67-,68-,69+,70?,77?,78?,79?,81?/m1/s1. The number of rotatable bonds is 73. The number of unbranched alkanes of at least 4 members (excludes halogenated alkanes) is 42. The first-order valence-corrected chi connectivity index (χ1v) is 43.7. The topological polar surface area (TPSA) is 309 Å². The molecular weight excluding hydrogens is 1330 g/mol. The average molecular weight is 1490 g/mol. The quantitative estimate of drug-likeness (QED) is 0.0129. The maximum absolute atomic E-state index is 14.9. The van der Waals surface area contributed by atoms with Crippen molar-refractivity contribution in [2.24, 2.45) is 0 Å². The number of aliphatic hydroxyl groups is 1. The molecule has 0 bridgehead atoms. The Labute approximate surface area is 624 Å². The fraction of sp³-hybridized carbons (Fsp3) is 0.914. The largest absolute Gasteiger partial charge is 0.480 e. The maximum atomic E-state index is 14.9. The van der Waals surface area contributed by atoms with E-state index in [0.29, 0.717) is 57.8 Å². The number of carboxylic acid groups (broad SMARTS) is 1. The van der Waals surface area contributed by atoms with Crippen molar-refractivity contribution in [3.05, 3.63) is 0 Å². The molecule has 7 N–H and O–H groups in total. The van der Waals surface area contributed by atoms with E-state index in [2.05, 4.69) is 57.5 Å². The van der Waals surface area contributed by atoms with Gasteiger partial charge >= 0.3 is 31.7 Å². The number of nitrogens with one attached hydrogen (secondary N) is 3. The lowest BCUT2D eigenvalue weighted by Gasteiger charge is -2.46. The van der Waals surface area contributed by atoms with E-state index in [-0.39, 0.29) is 25.7 Å². The Balaban J connectivity index is 3.85. The highest BCUT2D eigenvalue weighted by atomic mass is 31.2. The fourth-order valence-corrected chi connectivity index (χ4v) is 14.2. The Kier molecular flexibility index (Phi) is 62.8. The van der Waals surface area contributed by atoms with Crippen molar-refractivity contribution in [3.8, 4) is 0 Å². The molecule has 1 saturated heterocycles. The molecule has 0 aromatic heterocycles. The van der Waals surface area contributed by atoms with Crippen LogP contribution in [0.4, 0.5) is 0 Å². The molecule has 22 heteroatoms. The molecule has 3 amide bonds. The van der Waals surface area contributed by atoms with Crippen LogP contribution >= 0.6 is 7.82 Å². The smallest absolute Gasteiger partial charge is 0.470 e. The number of carbonyl (C=O) groups excluding carboxylic acids is 6. The summed E-state index contributed by atoms with van der Waals surface area (Å²) >= 11 is 0. The van der Waals surface area contributed by atoms with Gasteiger partial charge in [0.1, 0.15) is 36.6 Å². The number of esters is 3. The molecule has 1 aliphatic heterocycles. The SMILES string of the molecule is CCCCCCCCCCC[C@H](CC(=O)NC1C(OC[C@H](NC(=O)C[C@@H](CCCCCCCCCCC)OC(=O)CCCCCCCCC)C(=O)O)OC(CO)C(OP(=O)(O)O)C1NC(=O)C[C@@H](CCCCCCCCCCC)OC(=O)CCCCCCCCC)OC(=O)CCCCCCCCC. The van der Waals surface area contributed by atoms with Gasteiger partial charge in [0.25, 0.3) is 0 Å². The third-order valence-corrected chi connectivity index (χ3v) is 20.4. The summed E-state index contributed by atoms with van der Waals surface area (Å²) in [5, 5.41) is 29.9. The highest BCUT2D eigenvalue weighted by Crippen LogP contribution is 2.42. The zero-order chi connectivity index (χ0) is 75.8. The molecule has 1 heterocycles. The van der Waals surface area contributed by atoms with Crippen molar-refractivity contribution in [3.63, 3.8) is 0 Å². The molecule has 21 nitrogen and oxygen atoms in total. The first-order valence-electron chi connectivity index (χ1n) is 42.2. The summed E-state index contributed by atoms with van der Waals surface area (Å²) in [6.45, 7) is 11.2. The summed E-state index contributed by atoms with van der Waals surface area (Å²) < 4.78 is 48.9. The number of hydrogen-bond acceptors (Lipinski definition) is 15. The third-order valence-electron chi connectivity index (χ3n) is 19.8. The van der Waals surface area contributed by atoms with Gasteiger partial charge in [-0.3, -0.25) is 33.3 Å². The van der Waals surface area contributed by atoms with Gasteiger partial charge in [0, 0.05) is 19.3 Å². The van der Waals surface area contributed by atoms with Crippen LogP contribution in [0, 0.1) is 0 Å². The van der Waals surface area contributed by atoms with E-state index in [0.717, 1.165) is 225 Å². The van der Waals surface area contributed by atoms with Crippen LogP contribution in [0.1, 0.15) is 408 Å². The lowest BCUT2D eigenvalue weighted by atomic mass is 9.93. The van der Waals surface area contributed by atoms with E-state index < -0.39 is 130 Å². The van der Waals surface area contributed by atoms with Gasteiger partial charge in [0.15, 0.2) is 12.3 Å². The molecule has 0 saturated carbocycles. The van der Waals surface area contributed by atoms with Crippen molar-refractivity contribution >= 4 is 49.4 Å². The summed E-state index contributed by atoms with van der Waals surface area (Å²) in [6.07, 6.45) is 41.0. The summed E-state index contributed by atoms with van der Waals surface area (Å²) in [4.78, 5) is 118. The highest BCUT2D eigenvalue weighted by Gasteiger charge is 2.51. The first kappa shape index (κ1) is 97.3. The van der Waals surface area contributed by atoms with Crippen LogP contribution in [-0.4, -0.2) is 130 Å². The van der Waals surface area contributed by atoms with Crippen molar-refractivity contribution in [1.82, 2.24) is 16.0 Å². The molecule has 103 heavy (non-hydrogen) atoms. The van der Waals surface area contributed by atoms with E-state index in [1.807, 2.05) is 0 Å². The minimum atomic E-state index is -5.52. The Hall–Kier alpha value is -3.72. The van der Waals surface area contributed by atoms with Gasteiger partial charge in [0.05, 0.1) is 38.5 Å². The molecular formula is C81H152N3O18P. The molecule has 1 rings (SSSR count). The lowest BCUT2D eigenvalue weighted by molar-refractivity contribution is -0.249. The number of carbonyl (C=O) groups is 7. The van der Waals surface area contributed by atoms with E-state index in [1.54, 1.807) is 0 Å². The normalized spacial score (nSPS) is 17.3. The predicted molar refractivity (Wildman–Crippen MR) is 409 cm³/mol. The number of ether oxygens (including phenoxy) is 5. The molecule has 604 valence electrons. The summed E-state index contributed by atoms with van der Waals surface area (Å²) in [6, 6.07) is -5.17. The Morgan fingerprint density at radius 3 is 0.942 bits per heavy atom. The van der Waals surface area contributed by atoms with Gasteiger partial charge in [-0.1, -0.05) is 311 Å². The molecule has 5 unspecified atom stereocenters. The van der Waals surface area contributed by atoms with Gasteiger partial charge in [-0.25, -0.2) is 9.36 Å². The zero-order valence-corrected chi connectivity index (χ0v) is 66.8. The summed E-state index contributed by atoms with van der Waals surface area (Å²) in [5.74, 6) is -5.17. The fourth-order valence-electron chi connectivity index (χ4n) is 13.6. The molecule has 0 radical (unpaired) electrons. The van der Waals surface area contributed by atoms with Crippen LogP contribution < -0.4 is 16.0 Å². The number of phosphoric ester groups is 1. The Morgan fingerprint density at radius 2 is 0.660 bits per heavy atom. The average Bonchev–Trinajstić information content (AvgIpc) is 0.780. The maximum Gasteiger partial charge on any atom is 0.470 e. The van der Waals surface area contributed by atoms with E-state index in [4.69, 9.17) is 28.2 Å². The molecule has 0 aromatic carbocycles. The van der Waals surface area contributed by atoms with Crippen LogP contribution in [-0.2, 0) is 66.3 Å². The Morgan fingerprint density at radius 1 is 0.388 bits per heavy atom. The van der Waals surface area contributed by atoms with Crippen molar-refractivity contribution in [2.45, 2.75) is 462 Å². The first-order chi connectivity index (χ1) is 49.8. The third kappa shape index (κ3) is 55.4. The van der Waals surface area contributed by atoms with E-state index in [1.165, 1.54) is 44.9 Å². The molecule has 1 aliphatic rings. The van der Waals surface area contributed by atoms with Crippen LogP contribution in [0.2, 0.25) is 0 Å². The van der Waals surface area contributed by atoms with Crippen LogP contribution in [0.5, 0.6) is 0 Å². The second-order valence-corrected chi connectivity index (χ2v) is 30.9. The van der Waals surface area contributed by atoms with Crippen molar-refractivity contribution in [1.29, 1.82) is 0 Å². The minimum absolute atomic E-state index is 0.145. The molecule has 9 atom stereocenters. The second kappa shape index (κ2) is 66.5. The van der Waals surface area contributed by atoms with Crippen molar-refractivity contribution in [2.75, 3.05) is 13.2 Å². The number of hydrogen-bond donors (Lipinski definition) is 7. The number of aliphatic carboxylic acids is 1. The molecule has 0 spiro atoms. The Bertz CT molecular complexity index is 2170. The molecule has 0 aromatic rings. The highest BCUT2D eigenvalue weighted by molar-refractivity contribution is 7.46. The number of aliphatic hydroxyl groups excluding tert-OH is 1. The van der Waals surface area contributed by atoms with Crippen LogP contribution in [0.25, 0.3) is 0 Å². The van der Waals surface area contributed by atoms with Crippen molar-refractivity contribution < 1.29 is 86.3 Å². The lowest BCUT2D eigenvalue weighted by Crippen LogP contribution is -2.70. The van der Waals surface area contributed by atoms with Gasteiger partial charge in [-0.15, -0.1) is 0 Å².